The lowest BCUT2D eigenvalue weighted by Crippen LogP contribution is -2.36. The molecule has 0 aromatic carbocycles. The molecular formula is C17H26IN3O. The first-order valence-corrected chi connectivity index (χ1v) is 9.79. The van der Waals surface area contributed by atoms with Crippen LogP contribution in [0.1, 0.15) is 50.8 Å². The molecule has 1 aromatic heterocycles. The lowest BCUT2D eigenvalue weighted by molar-refractivity contribution is 0.129. The zero-order chi connectivity index (χ0) is 15.3. The van der Waals surface area contributed by atoms with E-state index in [0.717, 1.165) is 47.3 Å². The van der Waals surface area contributed by atoms with Crippen LogP contribution in [0.4, 0.5) is 0 Å². The smallest absolute Gasteiger partial charge is 0.123 e. The topological polar surface area (TPSA) is 30.3 Å². The molecule has 22 heavy (non-hydrogen) atoms. The summed E-state index contributed by atoms with van der Waals surface area (Å²) in [5.41, 5.74) is 1.49. The fraction of sp³-hybridized carbons (Fsp3) is 0.824. The van der Waals surface area contributed by atoms with E-state index in [1.807, 2.05) is 0 Å². The minimum Gasteiger partial charge on any atom is -0.380 e. The summed E-state index contributed by atoms with van der Waals surface area (Å²) in [6, 6.07) is 3.60. The summed E-state index contributed by atoms with van der Waals surface area (Å²) in [5, 5.41) is 4.70. The minimum atomic E-state index is 0.471. The summed E-state index contributed by atoms with van der Waals surface area (Å²) in [5.74, 6) is 2.58. The van der Waals surface area contributed by atoms with E-state index in [9.17, 15) is 0 Å². The molecule has 2 atom stereocenters. The van der Waals surface area contributed by atoms with Crippen LogP contribution in [0, 0.1) is 15.5 Å². The molecule has 2 saturated carbocycles. The second kappa shape index (κ2) is 6.06. The monoisotopic (exact) mass is 415 g/mol. The van der Waals surface area contributed by atoms with Crippen molar-refractivity contribution in [2.75, 3.05) is 26.3 Å². The van der Waals surface area contributed by atoms with E-state index in [1.54, 1.807) is 0 Å². The number of hydrogen-bond donors (Lipinski definition) is 0. The Morgan fingerprint density at radius 2 is 2.00 bits per heavy atom. The first-order chi connectivity index (χ1) is 10.6. The molecule has 1 saturated heterocycles. The van der Waals surface area contributed by atoms with Crippen LogP contribution in [-0.2, 0) is 4.74 Å². The lowest BCUT2D eigenvalue weighted by Gasteiger charge is -2.28. The largest absolute Gasteiger partial charge is 0.380 e. The van der Waals surface area contributed by atoms with Crippen molar-refractivity contribution < 1.29 is 4.74 Å². The third kappa shape index (κ3) is 2.73. The van der Waals surface area contributed by atoms with E-state index < -0.39 is 0 Å². The third-order valence-corrected chi connectivity index (χ3v) is 6.29. The molecule has 0 spiro atoms. The molecule has 3 aliphatic rings. The van der Waals surface area contributed by atoms with E-state index in [-0.39, 0.29) is 0 Å². The zero-order valence-corrected chi connectivity index (χ0v) is 15.7. The van der Waals surface area contributed by atoms with E-state index in [4.69, 9.17) is 9.84 Å². The van der Waals surface area contributed by atoms with Crippen molar-refractivity contribution in [3.05, 3.63) is 15.5 Å². The van der Waals surface area contributed by atoms with Gasteiger partial charge in [0.15, 0.2) is 0 Å². The molecule has 1 aromatic rings. The van der Waals surface area contributed by atoms with Gasteiger partial charge >= 0.3 is 0 Å². The summed E-state index contributed by atoms with van der Waals surface area (Å²) in [6.07, 6.45) is 3.97. The van der Waals surface area contributed by atoms with Gasteiger partial charge in [0, 0.05) is 43.4 Å². The second-order valence-electron chi connectivity index (χ2n) is 7.41. The Balaban J connectivity index is 1.42. The molecule has 0 amide bonds. The molecule has 2 unspecified atom stereocenters. The van der Waals surface area contributed by atoms with Gasteiger partial charge in [0.2, 0.25) is 0 Å². The molecule has 0 bridgehead atoms. The van der Waals surface area contributed by atoms with Crippen LogP contribution in [0.5, 0.6) is 0 Å². The average molecular weight is 415 g/mol. The highest BCUT2D eigenvalue weighted by atomic mass is 127. The fourth-order valence-corrected chi connectivity index (χ4v) is 5.27. The lowest BCUT2D eigenvalue weighted by atomic mass is 10.0. The highest BCUT2D eigenvalue weighted by Crippen LogP contribution is 2.64. The quantitative estimate of drug-likeness (QED) is 0.710. The normalized spacial score (nSPS) is 35.6. The molecule has 4 rings (SSSR count). The number of hydrogen-bond acceptors (Lipinski definition) is 3. The summed E-state index contributed by atoms with van der Waals surface area (Å²) >= 11 is 2.35. The summed E-state index contributed by atoms with van der Waals surface area (Å²) < 4.78 is 9.01. The number of halogens is 1. The van der Waals surface area contributed by atoms with Crippen molar-refractivity contribution in [3.8, 4) is 0 Å². The Bertz CT molecular complexity index is 524. The molecule has 2 heterocycles. The first kappa shape index (κ1) is 15.4. The van der Waals surface area contributed by atoms with Crippen LogP contribution in [0.3, 0.4) is 0 Å². The third-order valence-electron chi connectivity index (χ3n) is 5.76. The van der Waals surface area contributed by atoms with E-state index >= 15 is 0 Å². The number of nitrogens with zero attached hydrogens (tertiary/aromatic N) is 3. The van der Waals surface area contributed by atoms with Crippen LogP contribution in [0.2, 0.25) is 0 Å². The Labute approximate surface area is 146 Å². The first-order valence-electron chi connectivity index (χ1n) is 8.72. The van der Waals surface area contributed by atoms with Gasteiger partial charge in [-0.3, -0.25) is 9.58 Å². The number of rotatable bonds is 3. The SMILES string of the molecule is CC(C)n1nc(I)cc1C1C2CC(N3CCCOCC3)CC21. The van der Waals surface area contributed by atoms with Crippen molar-refractivity contribution in [2.45, 2.75) is 51.1 Å². The Morgan fingerprint density at radius 3 is 2.73 bits per heavy atom. The predicted octanol–water partition coefficient (Wildman–Crippen LogP) is 3.28. The second-order valence-corrected chi connectivity index (χ2v) is 8.52. The number of ether oxygens (including phenoxy) is 1. The molecule has 0 N–H and O–H groups in total. The summed E-state index contributed by atoms with van der Waals surface area (Å²) in [7, 11) is 0. The van der Waals surface area contributed by atoms with Gasteiger partial charge in [0.1, 0.15) is 3.70 Å². The van der Waals surface area contributed by atoms with Gasteiger partial charge < -0.3 is 4.74 Å². The van der Waals surface area contributed by atoms with Crippen molar-refractivity contribution in [1.82, 2.24) is 14.7 Å². The Hall–Kier alpha value is -0.140. The molecule has 0 radical (unpaired) electrons. The minimum absolute atomic E-state index is 0.471. The summed E-state index contributed by atoms with van der Waals surface area (Å²) in [4.78, 5) is 2.69. The van der Waals surface area contributed by atoms with Crippen LogP contribution >= 0.6 is 22.6 Å². The van der Waals surface area contributed by atoms with E-state index in [0.29, 0.717) is 6.04 Å². The van der Waals surface area contributed by atoms with Gasteiger partial charge in [-0.2, -0.15) is 5.10 Å². The van der Waals surface area contributed by atoms with Crippen molar-refractivity contribution >= 4 is 22.6 Å². The van der Waals surface area contributed by atoms with Gasteiger partial charge in [-0.1, -0.05) is 0 Å². The predicted molar refractivity (Wildman–Crippen MR) is 95.1 cm³/mol. The highest BCUT2D eigenvalue weighted by molar-refractivity contribution is 14.1. The molecule has 122 valence electrons. The highest BCUT2D eigenvalue weighted by Gasteiger charge is 2.58. The molecule has 5 heteroatoms. The number of fused-ring (bicyclic) bond motifs is 1. The molecule has 4 nitrogen and oxygen atoms in total. The van der Waals surface area contributed by atoms with Crippen LogP contribution in [0.25, 0.3) is 0 Å². The van der Waals surface area contributed by atoms with Gasteiger partial charge in [0.05, 0.1) is 6.61 Å². The van der Waals surface area contributed by atoms with Gasteiger partial charge in [0.25, 0.3) is 0 Å². The van der Waals surface area contributed by atoms with Crippen molar-refractivity contribution in [1.29, 1.82) is 0 Å². The van der Waals surface area contributed by atoms with Gasteiger partial charge in [-0.05, 0) is 73.6 Å². The molecular weight excluding hydrogens is 389 g/mol. The van der Waals surface area contributed by atoms with Crippen LogP contribution in [0.15, 0.2) is 6.07 Å². The maximum atomic E-state index is 5.60. The van der Waals surface area contributed by atoms with Gasteiger partial charge in [-0.15, -0.1) is 0 Å². The Morgan fingerprint density at radius 1 is 1.23 bits per heavy atom. The van der Waals surface area contributed by atoms with Gasteiger partial charge in [-0.25, -0.2) is 0 Å². The molecule has 3 fully saturated rings. The molecule has 2 aliphatic carbocycles. The van der Waals surface area contributed by atoms with E-state index in [2.05, 4.69) is 52.1 Å². The van der Waals surface area contributed by atoms with Crippen LogP contribution in [-0.4, -0.2) is 47.0 Å². The maximum Gasteiger partial charge on any atom is 0.123 e. The van der Waals surface area contributed by atoms with Crippen molar-refractivity contribution in [2.24, 2.45) is 11.8 Å². The zero-order valence-electron chi connectivity index (χ0n) is 13.5. The van der Waals surface area contributed by atoms with Crippen molar-refractivity contribution in [3.63, 3.8) is 0 Å². The average Bonchev–Trinajstić information content (AvgIpc) is 2.90. The van der Waals surface area contributed by atoms with Crippen LogP contribution < -0.4 is 0 Å². The van der Waals surface area contributed by atoms with E-state index in [1.165, 1.54) is 31.5 Å². The number of aromatic nitrogens is 2. The molecule has 1 aliphatic heterocycles. The standard InChI is InChI=1S/C17H26IN3O/c1-11(2)21-15(10-16(18)19-21)17-13-8-12(9-14(13)17)20-4-3-6-22-7-5-20/h10-14,17H,3-9H2,1-2H3. The Kier molecular flexibility index (Phi) is 4.24. The fourth-order valence-electron chi connectivity index (χ4n) is 4.72. The maximum absolute atomic E-state index is 5.60. The summed E-state index contributed by atoms with van der Waals surface area (Å²) in [6.45, 7) is 8.72.